The Morgan fingerprint density at radius 2 is 2.35 bits per heavy atom. The molecule has 3 N–H and O–H groups in total. The van der Waals surface area contributed by atoms with E-state index in [1.165, 1.54) is 5.56 Å². The maximum Gasteiger partial charge on any atom is 0.123 e. The summed E-state index contributed by atoms with van der Waals surface area (Å²) < 4.78 is 5.24. The van der Waals surface area contributed by atoms with Gasteiger partial charge in [-0.2, -0.15) is 0 Å². The summed E-state index contributed by atoms with van der Waals surface area (Å²) in [5, 5.41) is 9.48. The number of β-amino-alcohol motifs (C(OH)–C–C–N with tert-alkyl or cyclic N) is 1. The van der Waals surface area contributed by atoms with Gasteiger partial charge in [-0.1, -0.05) is 6.07 Å². The Bertz CT molecular complexity index is 382. The lowest BCUT2D eigenvalue weighted by Gasteiger charge is -2.16. The van der Waals surface area contributed by atoms with Gasteiger partial charge in [0, 0.05) is 31.7 Å². The summed E-state index contributed by atoms with van der Waals surface area (Å²) in [5.74, 6) is 0.845. The number of likely N-dealkylation sites (tertiary alicyclic amines) is 1. The SMILES string of the molecule is COc1ccc(CN2CCC(O)C2)cc1CN. The van der Waals surface area contributed by atoms with Crippen LogP contribution in [0.4, 0.5) is 0 Å². The molecule has 1 aliphatic heterocycles. The Morgan fingerprint density at radius 3 is 2.94 bits per heavy atom. The van der Waals surface area contributed by atoms with Gasteiger partial charge in [0.2, 0.25) is 0 Å². The summed E-state index contributed by atoms with van der Waals surface area (Å²) in [4.78, 5) is 2.26. The zero-order valence-electron chi connectivity index (χ0n) is 10.2. The Morgan fingerprint density at radius 1 is 1.53 bits per heavy atom. The van der Waals surface area contributed by atoms with Gasteiger partial charge in [0.25, 0.3) is 0 Å². The van der Waals surface area contributed by atoms with Gasteiger partial charge in [-0.25, -0.2) is 0 Å². The Kier molecular flexibility index (Phi) is 3.99. The molecule has 0 radical (unpaired) electrons. The van der Waals surface area contributed by atoms with Crippen molar-refractivity contribution in [2.45, 2.75) is 25.6 Å². The van der Waals surface area contributed by atoms with Crippen LogP contribution < -0.4 is 10.5 Å². The van der Waals surface area contributed by atoms with E-state index in [1.807, 2.05) is 6.07 Å². The second-order valence-corrected chi connectivity index (χ2v) is 4.53. The van der Waals surface area contributed by atoms with Crippen LogP contribution in [0, 0.1) is 0 Å². The molecule has 1 aromatic carbocycles. The van der Waals surface area contributed by atoms with Gasteiger partial charge < -0.3 is 15.6 Å². The third-order valence-corrected chi connectivity index (χ3v) is 3.22. The third-order valence-electron chi connectivity index (χ3n) is 3.22. The molecule has 1 heterocycles. The molecule has 94 valence electrons. The summed E-state index contributed by atoms with van der Waals surface area (Å²) in [6, 6.07) is 6.11. The molecule has 4 heteroatoms. The van der Waals surface area contributed by atoms with Crippen molar-refractivity contribution < 1.29 is 9.84 Å². The number of hydrogen-bond acceptors (Lipinski definition) is 4. The van der Waals surface area contributed by atoms with Crippen molar-refractivity contribution in [1.82, 2.24) is 4.90 Å². The predicted molar refractivity (Wildman–Crippen MR) is 66.8 cm³/mol. The molecule has 17 heavy (non-hydrogen) atoms. The number of ether oxygens (including phenoxy) is 1. The van der Waals surface area contributed by atoms with E-state index in [-0.39, 0.29) is 6.10 Å². The van der Waals surface area contributed by atoms with Crippen molar-refractivity contribution in [2.24, 2.45) is 5.73 Å². The smallest absolute Gasteiger partial charge is 0.123 e. The van der Waals surface area contributed by atoms with Crippen LogP contribution in [0.5, 0.6) is 5.75 Å². The molecule has 1 fully saturated rings. The average Bonchev–Trinajstić information content (AvgIpc) is 2.74. The van der Waals surface area contributed by atoms with Crippen molar-refractivity contribution >= 4 is 0 Å². The molecular weight excluding hydrogens is 216 g/mol. The molecule has 0 saturated carbocycles. The summed E-state index contributed by atoms with van der Waals surface area (Å²) in [6.07, 6.45) is 0.710. The van der Waals surface area contributed by atoms with Gasteiger partial charge in [-0.15, -0.1) is 0 Å². The van der Waals surface area contributed by atoms with E-state index < -0.39 is 0 Å². The van der Waals surface area contributed by atoms with E-state index in [1.54, 1.807) is 7.11 Å². The van der Waals surface area contributed by atoms with Crippen LogP contribution >= 0.6 is 0 Å². The number of nitrogens with two attached hydrogens (primary N) is 1. The van der Waals surface area contributed by atoms with Crippen molar-refractivity contribution in [3.05, 3.63) is 29.3 Å². The van der Waals surface area contributed by atoms with E-state index in [2.05, 4.69) is 17.0 Å². The first kappa shape index (κ1) is 12.4. The Labute approximate surface area is 102 Å². The normalized spacial score (nSPS) is 20.8. The molecule has 1 aromatic rings. The molecule has 1 saturated heterocycles. The molecule has 2 rings (SSSR count). The van der Waals surface area contributed by atoms with Gasteiger partial charge in [0.05, 0.1) is 13.2 Å². The standard InChI is InChI=1S/C13H20N2O2/c1-17-13-3-2-10(6-11(13)7-14)8-15-5-4-12(16)9-15/h2-3,6,12,16H,4-5,7-9,14H2,1H3. The largest absolute Gasteiger partial charge is 0.496 e. The minimum atomic E-state index is -0.165. The molecule has 0 spiro atoms. The van der Waals surface area contributed by atoms with Crippen LogP contribution in [0.3, 0.4) is 0 Å². The van der Waals surface area contributed by atoms with Crippen LogP contribution in [-0.2, 0) is 13.1 Å². The Hall–Kier alpha value is -1.10. The van der Waals surface area contributed by atoms with Crippen molar-refractivity contribution in [1.29, 1.82) is 0 Å². The highest BCUT2D eigenvalue weighted by Crippen LogP contribution is 2.21. The van der Waals surface area contributed by atoms with Crippen molar-refractivity contribution in [2.75, 3.05) is 20.2 Å². The van der Waals surface area contributed by atoms with Crippen LogP contribution in [0.15, 0.2) is 18.2 Å². The maximum atomic E-state index is 9.48. The average molecular weight is 236 g/mol. The van der Waals surface area contributed by atoms with E-state index in [0.29, 0.717) is 6.54 Å². The highest BCUT2D eigenvalue weighted by molar-refractivity contribution is 5.37. The summed E-state index contributed by atoms with van der Waals surface area (Å²) in [6.45, 7) is 3.09. The highest BCUT2D eigenvalue weighted by Gasteiger charge is 2.20. The molecule has 0 aromatic heterocycles. The zero-order valence-corrected chi connectivity index (χ0v) is 10.2. The molecule has 0 aliphatic carbocycles. The first-order chi connectivity index (χ1) is 8.22. The summed E-state index contributed by atoms with van der Waals surface area (Å²) in [5.41, 5.74) is 7.95. The number of benzene rings is 1. The number of methoxy groups -OCH3 is 1. The highest BCUT2D eigenvalue weighted by atomic mass is 16.5. The molecular formula is C13H20N2O2. The molecule has 1 unspecified atom stereocenters. The van der Waals surface area contributed by atoms with E-state index >= 15 is 0 Å². The molecule has 0 bridgehead atoms. The second kappa shape index (κ2) is 5.49. The van der Waals surface area contributed by atoms with Crippen LogP contribution in [0.1, 0.15) is 17.5 Å². The first-order valence-electron chi connectivity index (χ1n) is 5.99. The van der Waals surface area contributed by atoms with Crippen LogP contribution in [-0.4, -0.2) is 36.3 Å². The fourth-order valence-electron chi connectivity index (χ4n) is 2.30. The predicted octanol–water partition coefficient (Wildman–Crippen LogP) is 0.721. The minimum absolute atomic E-state index is 0.165. The number of aliphatic hydroxyl groups excluding tert-OH is 1. The van der Waals surface area contributed by atoms with E-state index in [4.69, 9.17) is 10.5 Å². The van der Waals surface area contributed by atoms with Crippen molar-refractivity contribution in [3.8, 4) is 5.75 Å². The fourth-order valence-corrected chi connectivity index (χ4v) is 2.30. The first-order valence-corrected chi connectivity index (χ1v) is 5.99. The third kappa shape index (κ3) is 2.97. The van der Waals surface area contributed by atoms with E-state index in [9.17, 15) is 5.11 Å². The number of rotatable bonds is 4. The van der Waals surface area contributed by atoms with Gasteiger partial charge in [0.1, 0.15) is 5.75 Å². The number of nitrogens with zero attached hydrogens (tertiary/aromatic N) is 1. The summed E-state index contributed by atoms with van der Waals surface area (Å²) in [7, 11) is 1.66. The van der Waals surface area contributed by atoms with Crippen LogP contribution in [0.2, 0.25) is 0 Å². The molecule has 4 nitrogen and oxygen atoms in total. The van der Waals surface area contributed by atoms with Gasteiger partial charge >= 0.3 is 0 Å². The van der Waals surface area contributed by atoms with Gasteiger partial charge in [-0.3, -0.25) is 4.90 Å². The molecule has 1 atom stereocenters. The molecule has 1 aliphatic rings. The van der Waals surface area contributed by atoms with Gasteiger partial charge in [0.15, 0.2) is 0 Å². The molecule has 0 amide bonds. The lowest BCUT2D eigenvalue weighted by atomic mass is 10.1. The minimum Gasteiger partial charge on any atom is -0.496 e. The second-order valence-electron chi connectivity index (χ2n) is 4.53. The Balaban J connectivity index is 2.06. The fraction of sp³-hybridized carbons (Fsp3) is 0.538. The van der Waals surface area contributed by atoms with Gasteiger partial charge in [-0.05, 0) is 24.1 Å². The quantitative estimate of drug-likeness (QED) is 0.809. The number of hydrogen-bond donors (Lipinski definition) is 2. The number of aliphatic hydroxyl groups is 1. The topological polar surface area (TPSA) is 58.7 Å². The van der Waals surface area contributed by atoms with Crippen LogP contribution in [0.25, 0.3) is 0 Å². The summed E-state index contributed by atoms with van der Waals surface area (Å²) >= 11 is 0. The maximum absolute atomic E-state index is 9.48. The van der Waals surface area contributed by atoms with E-state index in [0.717, 1.165) is 37.4 Å². The lowest BCUT2D eigenvalue weighted by molar-refractivity contribution is 0.175. The lowest BCUT2D eigenvalue weighted by Crippen LogP contribution is -2.21. The zero-order chi connectivity index (χ0) is 12.3. The van der Waals surface area contributed by atoms with Crippen molar-refractivity contribution in [3.63, 3.8) is 0 Å². The monoisotopic (exact) mass is 236 g/mol.